The van der Waals surface area contributed by atoms with Crippen molar-refractivity contribution in [1.82, 2.24) is 5.32 Å². The lowest BCUT2D eigenvalue weighted by Crippen LogP contribution is -2.32. The number of guanidine groups is 1. The van der Waals surface area contributed by atoms with E-state index >= 15 is 0 Å². The number of methoxy groups -OCH3 is 1. The molecule has 2 aromatic rings. The Labute approximate surface area is 152 Å². The molecule has 140 valence electrons. The van der Waals surface area contributed by atoms with Gasteiger partial charge in [-0.1, -0.05) is 0 Å². The molecule has 0 amide bonds. The molecule has 0 atom stereocenters. The molecule has 0 bridgehead atoms. The van der Waals surface area contributed by atoms with Crippen LogP contribution < -0.4 is 20.1 Å². The van der Waals surface area contributed by atoms with Crippen molar-refractivity contribution in [2.24, 2.45) is 4.99 Å². The summed E-state index contributed by atoms with van der Waals surface area (Å²) in [7, 11) is 3.21. The van der Waals surface area contributed by atoms with Gasteiger partial charge >= 0.3 is 0 Å². The van der Waals surface area contributed by atoms with E-state index in [9.17, 15) is 8.78 Å². The summed E-state index contributed by atoms with van der Waals surface area (Å²) < 4.78 is 37.6. The van der Waals surface area contributed by atoms with Crippen LogP contribution in [0.1, 0.15) is 12.5 Å². The van der Waals surface area contributed by atoms with Gasteiger partial charge in [-0.3, -0.25) is 4.99 Å². The molecule has 0 aliphatic heterocycles. The van der Waals surface area contributed by atoms with Crippen molar-refractivity contribution in [1.29, 1.82) is 0 Å². The second-order valence-electron chi connectivity index (χ2n) is 5.41. The molecule has 0 aliphatic rings. The van der Waals surface area contributed by atoms with Crippen LogP contribution in [-0.2, 0) is 6.42 Å². The average Bonchev–Trinajstić information content (AvgIpc) is 2.64. The van der Waals surface area contributed by atoms with Gasteiger partial charge in [-0.25, -0.2) is 8.78 Å². The molecule has 0 spiro atoms. The Morgan fingerprint density at radius 2 is 1.92 bits per heavy atom. The summed E-state index contributed by atoms with van der Waals surface area (Å²) >= 11 is 0. The van der Waals surface area contributed by atoms with E-state index in [2.05, 4.69) is 15.6 Å². The van der Waals surface area contributed by atoms with Gasteiger partial charge in [-0.15, -0.1) is 0 Å². The number of ether oxygens (including phenoxy) is 2. The zero-order valence-corrected chi connectivity index (χ0v) is 15.1. The standard InChI is InChI=1S/C19H23F2N3O2/c1-4-26-18-12-15(6-8-17(18)25-3)24-19(22-2)23-10-9-13-11-14(20)5-7-16(13)21/h5-8,11-12H,4,9-10H2,1-3H3,(H2,22,23,24). The van der Waals surface area contributed by atoms with Crippen LogP contribution >= 0.6 is 0 Å². The first-order chi connectivity index (χ1) is 12.6. The van der Waals surface area contributed by atoms with E-state index in [1.807, 2.05) is 13.0 Å². The predicted molar refractivity (Wildman–Crippen MR) is 99.2 cm³/mol. The van der Waals surface area contributed by atoms with E-state index in [1.54, 1.807) is 26.3 Å². The van der Waals surface area contributed by atoms with Crippen molar-refractivity contribution in [3.05, 3.63) is 53.6 Å². The number of halogens is 2. The van der Waals surface area contributed by atoms with Crippen LogP contribution in [0.3, 0.4) is 0 Å². The van der Waals surface area contributed by atoms with E-state index in [4.69, 9.17) is 9.47 Å². The SMILES string of the molecule is CCOc1cc(NC(=NC)NCCc2cc(F)ccc2F)ccc1OC. The highest BCUT2D eigenvalue weighted by atomic mass is 19.1. The lowest BCUT2D eigenvalue weighted by atomic mass is 10.1. The molecule has 0 fully saturated rings. The molecular formula is C19H23F2N3O2. The summed E-state index contributed by atoms with van der Waals surface area (Å²) in [6.07, 6.45) is 0.330. The molecule has 2 aromatic carbocycles. The fraction of sp³-hybridized carbons (Fsp3) is 0.316. The van der Waals surface area contributed by atoms with Gasteiger partial charge in [0, 0.05) is 25.3 Å². The van der Waals surface area contributed by atoms with Gasteiger partial charge in [0.15, 0.2) is 17.5 Å². The Balaban J connectivity index is 1.97. The Kier molecular flexibility index (Phi) is 7.20. The van der Waals surface area contributed by atoms with Gasteiger partial charge < -0.3 is 20.1 Å². The van der Waals surface area contributed by atoms with E-state index in [-0.39, 0.29) is 0 Å². The first-order valence-electron chi connectivity index (χ1n) is 8.29. The van der Waals surface area contributed by atoms with Gasteiger partial charge in [0.05, 0.1) is 13.7 Å². The Bertz CT molecular complexity index is 766. The Morgan fingerprint density at radius 3 is 2.62 bits per heavy atom. The van der Waals surface area contributed by atoms with Crippen molar-refractivity contribution in [2.75, 3.05) is 32.6 Å². The largest absolute Gasteiger partial charge is 0.493 e. The number of hydrogen-bond acceptors (Lipinski definition) is 3. The summed E-state index contributed by atoms with van der Waals surface area (Å²) in [5, 5.41) is 6.20. The van der Waals surface area contributed by atoms with E-state index in [1.165, 1.54) is 6.07 Å². The quantitative estimate of drug-likeness (QED) is 0.583. The maximum Gasteiger partial charge on any atom is 0.195 e. The molecule has 0 saturated heterocycles. The fourth-order valence-electron chi connectivity index (χ4n) is 2.39. The molecule has 5 nitrogen and oxygen atoms in total. The topological polar surface area (TPSA) is 54.9 Å². The first kappa shape index (κ1) is 19.5. The molecule has 0 aliphatic carbocycles. The number of aliphatic imine (C=N–C) groups is 1. The predicted octanol–water partition coefficient (Wildman–Crippen LogP) is 3.60. The van der Waals surface area contributed by atoms with Crippen LogP contribution in [0.4, 0.5) is 14.5 Å². The van der Waals surface area contributed by atoms with Gasteiger partial charge in [-0.2, -0.15) is 0 Å². The molecule has 2 N–H and O–H groups in total. The minimum atomic E-state index is -0.453. The van der Waals surface area contributed by atoms with Gasteiger partial charge in [0.1, 0.15) is 11.6 Å². The third kappa shape index (κ3) is 5.34. The van der Waals surface area contributed by atoms with Crippen molar-refractivity contribution in [3.8, 4) is 11.5 Å². The molecule has 0 heterocycles. The monoisotopic (exact) mass is 363 g/mol. The van der Waals surface area contributed by atoms with Crippen LogP contribution in [0.25, 0.3) is 0 Å². The maximum absolute atomic E-state index is 13.6. The third-order valence-electron chi connectivity index (χ3n) is 3.64. The normalized spacial score (nSPS) is 11.2. The van der Waals surface area contributed by atoms with Crippen LogP contribution in [0, 0.1) is 11.6 Å². The zero-order chi connectivity index (χ0) is 18.9. The molecule has 0 saturated carbocycles. The summed E-state index contributed by atoms with van der Waals surface area (Å²) in [5.74, 6) is 0.895. The van der Waals surface area contributed by atoms with E-state index in [0.29, 0.717) is 42.6 Å². The fourth-order valence-corrected chi connectivity index (χ4v) is 2.39. The highest BCUT2D eigenvalue weighted by Gasteiger charge is 2.08. The zero-order valence-electron chi connectivity index (χ0n) is 15.1. The van der Waals surface area contributed by atoms with E-state index in [0.717, 1.165) is 17.8 Å². The van der Waals surface area contributed by atoms with Gasteiger partial charge in [-0.05, 0) is 49.2 Å². The smallest absolute Gasteiger partial charge is 0.195 e. The highest BCUT2D eigenvalue weighted by Crippen LogP contribution is 2.30. The van der Waals surface area contributed by atoms with Crippen LogP contribution in [0.5, 0.6) is 11.5 Å². The summed E-state index contributed by atoms with van der Waals surface area (Å²) in [6.45, 7) is 2.81. The second-order valence-corrected chi connectivity index (χ2v) is 5.41. The van der Waals surface area contributed by atoms with Crippen molar-refractivity contribution < 1.29 is 18.3 Å². The van der Waals surface area contributed by atoms with Crippen LogP contribution in [0.2, 0.25) is 0 Å². The minimum Gasteiger partial charge on any atom is -0.493 e. The van der Waals surface area contributed by atoms with Gasteiger partial charge in [0.25, 0.3) is 0 Å². The maximum atomic E-state index is 13.6. The molecule has 0 radical (unpaired) electrons. The number of benzene rings is 2. The van der Waals surface area contributed by atoms with E-state index < -0.39 is 11.6 Å². The lowest BCUT2D eigenvalue weighted by molar-refractivity contribution is 0.311. The van der Waals surface area contributed by atoms with Gasteiger partial charge in [0.2, 0.25) is 0 Å². The summed E-state index contributed by atoms with van der Waals surface area (Å²) in [4.78, 5) is 4.13. The molecular weight excluding hydrogens is 340 g/mol. The number of nitrogens with one attached hydrogen (secondary N) is 2. The second kappa shape index (κ2) is 9.60. The van der Waals surface area contributed by atoms with Crippen LogP contribution in [0.15, 0.2) is 41.4 Å². The number of rotatable bonds is 7. The number of anilines is 1. The van der Waals surface area contributed by atoms with Crippen LogP contribution in [-0.4, -0.2) is 33.3 Å². The number of nitrogens with zero attached hydrogens (tertiary/aromatic N) is 1. The first-order valence-corrected chi connectivity index (χ1v) is 8.29. The molecule has 0 aromatic heterocycles. The Hall–Kier alpha value is -2.83. The Morgan fingerprint density at radius 1 is 1.12 bits per heavy atom. The minimum absolute atomic E-state index is 0.316. The molecule has 26 heavy (non-hydrogen) atoms. The molecule has 0 unspecified atom stereocenters. The molecule has 2 rings (SSSR count). The molecule has 7 heteroatoms. The summed E-state index contributed by atoms with van der Waals surface area (Å²) in [5.41, 5.74) is 1.08. The van der Waals surface area contributed by atoms with Crippen molar-refractivity contribution in [2.45, 2.75) is 13.3 Å². The highest BCUT2D eigenvalue weighted by molar-refractivity contribution is 5.93. The lowest BCUT2D eigenvalue weighted by Gasteiger charge is -2.15. The average molecular weight is 363 g/mol. The number of hydrogen-bond donors (Lipinski definition) is 2. The van der Waals surface area contributed by atoms with Crippen molar-refractivity contribution in [3.63, 3.8) is 0 Å². The van der Waals surface area contributed by atoms with Crippen molar-refractivity contribution >= 4 is 11.6 Å². The third-order valence-corrected chi connectivity index (χ3v) is 3.64. The summed E-state index contributed by atoms with van der Waals surface area (Å²) in [6, 6.07) is 8.87.